The van der Waals surface area contributed by atoms with Crippen molar-refractivity contribution in [3.05, 3.63) is 16.9 Å². The van der Waals surface area contributed by atoms with Gasteiger partial charge in [0.15, 0.2) is 0 Å². The zero-order valence-electron chi connectivity index (χ0n) is 8.87. The van der Waals surface area contributed by atoms with Gasteiger partial charge < -0.3 is 5.11 Å². The Morgan fingerprint density at radius 3 is 2.71 bits per heavy atom. The summed E-state index contributed by atoms with van der Waals surface area (Å²) in [5, 5.41) is 14.7. The van der Waals surface area contributed by atoms with E-state index in [1.807, 2.05) is 13.8 Å². The van der Waals surface area contributed by atoms with Gasteiger partial charge in [0.05, 0.1) is 23.0 Å². The van der Waals surface area contributed by atoms with Gasteiger partial charge in [-0.05, 0) is 12.8 Å². The molecule has 1 aromatic rings. The number of rotatable bonds is 4. The molecule has 0 aliphatic heterocycles. The fourth-order valence-electron chi connectivity index (χ4n) is 1.41. The van der Waals surface area contributed by atoms with Gasteiger partial charge in [-0.3, -0.25) is 4.68 Å². The maximum atomic E-state index is 10.0. The van der Waals surface area contributed by atoms with Gasteiger partial charge in [-0.15, -0.1) is 0 Å². The molecule has 80 valence electrons. The molecular formula is C10H17ClN2O. The lowest BCUT2D eigenvalue weighted by Gasteiger charge is -2.18. The number of aliphatic hydroxyl groups is 1. The van der Waals surface area contributed by atoms with E-state index in [0.29, 0.717) is 5.02 Å². The fourth-order valence-corrected chi connectivity index (χ4v) is 1.66. The summed E-state index contributed by atoms with van der Waals surface area (Å²) < 4.78 is 1.75. The minimum absolute atomic E-state index is 0.203. The van der Waals surface area contributed by atoms with Crippen LogP contribution in [0.5, 0.6) is 0 Å². The van der Waals surface area contributed by atoms with Crippen LogP contribution in [0, 0.1) is 5.92 Å². The quantitative estimate of drug-likeness (QED) is 0.841. The van der Waals surface area contributed by atoms with Crippen molar-refractivity contribution >= 4 is 11.6 Å². The Balaban J connectivity index is 2.97. The summed E-state index contributed by atoms with van der Waals surface area (Å²) in [6.07, 6.45) is 1.99. The summed E-state index contributed by atoms with van der Waals surface area (Å²) in [7, 11) is 0. The van der Waals surface area contributed by atoms with E-state index in [0.717, 1.165) is 18.7 Å². The second kappa shape index (κ2) is 4.80. The number of aliphatic hydroxyl groups excluding tert-OH is 1. The summed E-state index contributed by atoms with van der Waals surface area (Å²) in [5.41, 5.74) is 0.739. The highest BCUT2D eigenvalue weighted by Crippen LogP contribution is 2.29. The van der Waals surface area contributed by atoms with Crippen molar-refractivity contribution in [3.63, 3.8) is 0 Å². The summed E-state index contributed by atoms with van der Waals surface area (Å²) in [6.45, 7) is 6.77. The largest absolute Gasteiger partial charge is 0.386 e. The fraction of sp³-hybridized carbons (Fsp3) is 0.700. The van der Waals surface area contributed by atoms with Crippen LogP contribution < -0.4 is 0 Å². The van der Waals surface area contributed by atoms with Crippen molar-refractivity contribution in [3.8, 4) is 0 Å². The highest BCUT2D eigenvalue weighted by Gasteiger charge is 2.21. The first-order valence-electron chi connectivity index (χ1n) is 5.01. The van der Waals surface area contributed by atoms with Crippen molar-refractivity contribution in [2.45, 2.75) is 39.8 Å². The summed E-state index contributed by atoms with van der Waals surface area (Å²) in [4.78, 5) is 0. The minimum atomic E-state index is -0.519. The third kappa shape index (κ3) is 2.10. The Morgan fingerprint density at radius 1 is 1.57 bits per heavy atom. The molecule has 0 saturated carbocycles. The number of hydrogen-bond acceptors (Lipinski definition) is 2. The number of aryl methyl sites for hydroxylation is 1. The molecule has 3 nitrogen and oxygen atoms in total. The molecule has 14 heavy (non-hydrogen) atoms. The molecule has 0 saturated heterocycles. The van der Waals surface area contributed by atoms with E-state index in [1.165, 1.54) is 0 Å². The molecule has 1 N–H and O–H groups in total. The van der Waals surface area contributed by atoms with Gasteiger partial charge in [0.2, 0.25) is 0 Å². The van der Waals surface area contributed by atoms with Gasteiger partial charge in [0.1, 0.15) is 0 Å². The average Bonchev–Trinajstić information content (AvgIpc) is 2.57. The third-order valence-electron chi connectivity index (χ3n) is 2.60. The van der Waals surface area contributed by atoms with Gasteiger partial charge in [0, 0.05) is 6.54 Å². The molecule has 0 amide bonds. The van der Waals surface area contributed by atoms with Crippen molar-refractivity contribution in [1.29, 1.82) is 0 Å². The Morgan fingerprint density at radius 2 is 2.21 bits per heavy atom. The lowest BCUT2D eigenvalue weighted by Crippen LogP contribution is -2.14. The molecule has 0 aliphatic rings. The van der Waals surface area contributed by atoms with E-state index < -0.39 is 6.10 Å². The maximum absolute atomic E-state index is 10.0. The minimum Gasteiger partial charge on any atom is -0.386 e. The molecule has 4 heteroatoms. The molecule has 1 aromatic heterocycles. The summed E-state index contributed by atoms with van der Waals surface area (Å²) in [6, 6.07) is 0. The first kappa shape index (κ1) is 11.5. The first-order valence-corrected chi connectivity index (χ1v) is 5.38. The van der Waals surface area contributed by atoms with Crippen LogP contribution >= 0.6 is 11.6 Å². The number of hydrogen-bond donors (Lipinski definition) is 1. The zero-order chi connectivity index (χ0) is 10.7. The van der Waals surface area contributed by atoms with Crippen LogP contribution in [0.4, 0.5) is 0 Å². The van der Waals surface area contributed by atoms with E-state index in [4.69, 9.17) is 11.6 Å². The van der Waals surface area contributed by atoms with E-state index in [1.54, 1.807) is 10.9 Å². The van der Waals surface area contributed by atoms with Crippen LogP contribution in [0.25, 0.3) is 0 Å². The molecule has 0 fully saturated rings. The molecule has 1 heterocycles. The predicted molar refractivity (Wildman–Crippen MR) is 57.3 cm³/mol. The van der Waals surface area contributed by atoms with Gasteiger partial charge in [0.25, 0.3) is 0 Å². The topological polar surface area (TPSA) is 38.1 Å². The maximum Gasteiger partial charge on any atom is 0.0997 e. The summed E-state index contributed by atoms with van der Waals surface area (Å²) in [5.74, 6) is 0.203. The van der Waals surface area contributed by atoms with Crippen LogP contribution in [0.15, 0.2) is 6.20 Å². The van der Waals surface area contributed by atoms with Crippen molar-refractivity contribution < 1.29 is 5.11 Å². The van der Waals surface area contributed by atoms with Crippen LogP contribution in [0.3, 0.4) is 0 Å². The van der Waals surface area contributed by atoms with E-state index >= 15 is 0 Å². The lowest BCUT2D eigenvalue weighted by molar-refractivity contribution is 0.106. The van der Waals surface area contributed by atoms with Gasteiger partial charge in [-0.1, -0.05) is 31.9 Å². The zero-order valence-corrected chi connectivity index (χ0v) is 9.62. The van der Waals surface area contributed by atoms with Gasteiger partial charge in [-0.25, -0.2) is 0 Å². The van der Waals surface area contributed by atoms with Crippen molar-refractivity contribution in [2.75, 3.05) is 0 Å². The SMILES string of the molecule is CCC(C)C(O)c1c(Cl)cnn1CC. The standard InChI is InChI=1S/C10H17ClN2O/c1-4-7(3)10(14)9-8(11)6-12-13(9)5-2/h6-7,10,14H,4-5H2,1-3H3. The Labute approximate surface area is 89.7 Å². The lowest BCUT2D eigenvalue weighted by atomic mass is 9.99. The number of nitrogens with zero attached hydrogens (tertiary/aromatic N) is 2. The van der Waals surface area contributed by atoms with E-state index in [-0.39, 0.29) is 5.92 Å². The Hall–Kier alpha value is -0.540. The summed E-state index contributed by atoms with van der Waals surface area (Å²) >= 11 is 5.98. The highest BCUT2D eigenvalue weighted by atomic mass is 35.5. The molecule has 0 aromatic carbocycles. The molecular weight excluding hydrogens is 200 g/mol. The average molecular weight is 217 g/mol. The predicted octanol–water partition coefficient (Wildman–Crippen LogP) is 2.64. The molecule has 1 rings (SSSR count). The first-order chi connectivity index (χ1) is 6.61. The second-order valence-electron chi connectivity index (χ2n) is 3.52. The molecule has 2 atom stereocenters. The molecule has 0 bridgehead atoms. The van der Waals surface area contributed by atoms with Crippen LogP contribution in [0.1, 0.15) is 39.0 Å². The van der Waals surface area contributed by atoms with Crippen molar-refractivity contribution in [2.24, 2.45) is 5.92 Å². The molecule has 0 aliphatic carbocycles. The van der Waals surface area contributed by atoms with Gasteiger partial charge >= 0.3 is 0 Å². The second-order valence-corrected chi connectivity index (χ2v) is 3.93. The molecule has 0 radical (unpaired) electrons. The smallest absolute Gasteiger partial charge is 0.0997 e. The van der Waals surface area contributed by atoms with Crippen LogP contribution in [0.2, 0.25) is 5.02 Å². The third-order valence-corrected chi connectivity index (χ3v) is 2.89. The van der Waals surface area contributed by atoms with Crippen molar-refractivity contribution in [1.82, 2.24) is 9.78 Å². The normalized spacial score (nSPS) is 15.5. The van der Waals surface area contributed by atoms with Crippen LogP contribution in [-0.4, -0.2) is 14.9 Å². The number of halogens is 1. The van der Waals surface area contributed by atoms with E-state index in [2.05, 4.69) is 12.0 Å². The van der Waals surface area contributed by atoms with E-state index in [9.17, 15) is 5.11 Å². The Kier molecular flexibility index (Phi) is 3.96. The Bertz CT molecular complexity index is 298. The number of aromatic nitrogens is 2. The highest BCUT2D eigenvalue weighted by molar-refractivity contribution is 6.31. The molecule has 0 spiro atoms. The molecule has 2 unspecified atom stereocenters. The monoisotopic (exact) mass is 216 g/mol. The van der Waals surface area contributed by atoms with Gasteiger partial charge in [-0.2, -0.15) is 5.10 Å². The van der Waals surface area contributed by atoms with Crippen LogP contribution in [-0.2, 0) is 6.54 Å².